The number of aromatic nitrogens is 2. The van der Waals surface area contributed by atoms with Crippen molar-refractivity contribution in [3.8, 4) is 11.4 Å². The van der Waals surface area contributed by atoms with Gasteiger partial charge in [0.2, 0.25) is 0 Å². The Bertz CT molecular complexity index is 1280. The molecule has 4 aromatic rings. The largest absolute Gasteiger partial charge is 0.492 e. The van der Waals surface area contributed by atoms with Gasteiger partial charge in [-0.05, 0) is 55.5 Å². The summed E-state index contributed by atoms with van der Waals surface area (Å²) in [5.41, 5.74) is 1.39. The highest BCUT2D eigenvalue weighted by molar-refractivity contribution is 5.80. The predicted molar refractivity (Wildman–Crippen MR) is 110 cm³/mol. The molecule has 0 spiro atoms. The van der Waals surface area contributed by atoms with E-state index in [9.17, 15) is 14.0 Å². The van der Waals surface area contributed by atoms with E-state index in [4.69, 9.17) is 4.74 Å². The minimum atomic E-state index is -0.430. The quantitative estimate of drug-likeness (QED) is 0.522. The van der Waals surface area contributed by atoms with E-state index in [-0.39, 0.29) is 24.5 Å². The van der Waals surface area contributed by atoms with Gasteiger partial charge >= 0.3 is 5.69 Å². The van der Waals surface area contributed by atoms with E-state index >= 15 is 0 Å². The summed E-state index contributed by atoms with van der Waals surface area (Å²) in [6, 6.07) is 20.3. The van der Waals surface area contributed by atoms with Gasteiger partial charge < -0.3 is 4.74 Å². The van der Waals surface area contributed by atoms with E-state index in [1.165, 1.54) is 33.4 Å². The summed E-state index contributed by atoms with van der Waals surface area (Å²) in [4.78, 5) is 26.2. The third kappa shape index (κ3) is 3.69. The number of para-hydroxylation sites is 1. The molecule has 1 heterocycles. The molecule has 0 unspecified atom stereocenters. The predicted octanol–water partition coefficient (Wildman–Crippen LogP) is 3.68. The number of aryl methyl sites for hydroxylation is 1. The molecule has 0 radical (unpaired) electrons. The maximum atomic E-state index is 13.2. The number of ether oxygens (including phenoxy) is 1. The van der Waals surface area contributed by atoms with E-state index in [1.54, 1.807) is 12.1 Å². The highest BCUT2D eigenvalue weighted by atomic mass is 19.1. The highest BCUT2D eigenvalue weighted by Crippen LogP contribution is 2.16. The number of hydrogen-bond acceptors (Lipinski definition) is 3. The van der Waals surface area contributed by atoms with Gasteiger partial charge in [0, 0.05) is 0 Å². The monoisotopic (exact) mass is 390 g/mol. The van der Waals surface area contributed by atoms with Crippen LogP contribution in [0.5, 0.6) is 5.75 Å². The zero-order valence-electron chi connectivity index (χ0n) is 15.8. The average Bonchev–Trinajstić information content (AvgIpc) is 2.73. The number of benzene rings is 3. The van der Waals surface area contributed by atoms with Gasteiger partial charge in [-0.3, -0.25) is 13.9 Å². The normalized spacial score (nSPS) is 11.0. The third-order valence-corrected chi connectivity index (χ3v) is 4.70. The molecule has 29 heavy (non-hydrogen) atoms. The molecule has 4 rings (SSSR count). The Hall–Kier alpha value is -3.67. The molecule has 0 aliphatic carbocycles. The minimum absolute atomic E-state index is 0.0752. The Morgan fingerprint density at radius 3 is 2.38 bits per heavy atom. The van der Waals surface area contributed by atoms with Crippen LogP contribution in [-0.2, 0) is 6.54 Å². The molecule has 5 nitrogen and oxygen atoms in total. The zero-order chi connectivity index (χ0) is 20.4. The van der Waals surface area contributed by atoms with Crippen LogP contribution in [0.4, 0.5) is 4.39 Å². The summed E-state index contributed by atoms with van der Waals surface area (Å²) in [5.74, 6) is 0.115. The smallest absolute Gasteiger partial charge is 0.336 e. The Balaban J connectivity index is 1.78. The summed E-state index contributed by atoms with van der Waals surface area (Å²) in [7, 11) is 0. The SMILES string of the molecule is Cc1ccc2c(c1)c(=O)n(CCOc1ccc(F)cc1)c(=O)n2-c1ccccc1. The summed E-state index contributed by atoms with van der Waals surface area (Å²) in [6.45, 7) is 2.08. The lowest BCUT2D eigenvalue weighted by Crippen LogP contribution is -2.40. The van der Waals surface area contributed by atoms with Gasteiger partial charge in [0.15, 0.2) is 0 Å². The van der Waals surface area contributed by atoms with Crippen LogP contribution in [-0.4, -0.2) is 15.7 Å². The molecule has 0 N–H and O–H groups in total. The Morgan fingerprint density at radius 1 is 0.931 bits per heavy atom. The van der Waals surface area contributed by atoms with Crippen LogP contribution >= 0.6 is 0 Å². The number of halogens is 1. The molecule has 0 fully saturated rings. The fraction of sp³-hybridized carbons (Fsp3) is 0.130. The topological polar surface area (TPSA) is 53.2 Å². The number of fused-ring (bicyclic) bond motifs is 1. The molecule has 1 aromatic heterocycles. The summed E-state index contributed by atoms with van der Waals surface area (Å²) < 4.78 is 21.3. The molecule has 0 bridgehead atoms. The van der Waals surface area contributed by atoms with Crippen molar-refractivity contribution in [2.75, 3.05) is 6.61 Å². The molecule has 0 aliphatic rings. The van der Waals surface area contributed by atoms with Crippen LogP contribution < -0.4 is 16.0 Å². The standard InChI is InChI=1S/C23H19FN2O3/c1-16-7-12-21-20(15-16)22(27)25(13-14-29-19-10-8-17(24)9-11-19)23(28)26(21)18-5-3-2-4-6-18/h2-12,15H,13-14H2,1H3. The first-order valence-electron chi connectivity index (χ1n) is 9.24. The van der Waals surface area contributed by atoms with Crippen molar-refractivity contribution in [1.29, 1.82) is 0 Å². The van der Waals surface area contributed by atoms with Gasteiger partial charge in [-0.15, -0.1) is 0 Å². The van der Waals surface area contributed by atoms with Crippen molar-refractivity contribution < 1.29 is 9.13 Å². The molecule has 3 aromatic carbocycles. The zero-order valence-corrected chi connectivity index (χ0v) is 15.8. The lowest BCUT2D eigenvalue weighted by atomic mass is 10.1. The van der Waals surface area contributed by atoms with E-state index in [0.717, 1.165) is 5.56 Å². The summed E-state index contributed by atoms with van der Waals surface area (Å²) >= 11 is 0. The van der Waals surface area contributed by atoms with Crippen molar-refractivity contribution >= 4 is 10.9 Å². The van der Waals surface area contributed by atoms with E-state index in [1.807, 2.05) is 43.3 Å². The molecular formula is C23H19FN2O3. The Morgan fingerprint density at radius 2 is 1.66 bits per heavy atom. The maximum absolute atomic E-state index is 13.2. The molecule has 0 saturated carbocycles. The second-order valence-corrected chi connectivity index (χ2v) is 6.73. The first-order valence-corrected chi connectivity index (χ1v) is 9.24. The molecule has 146 valence electrons. The van der Waals surface area contributed by atoms with E-state index in [0.29, 0.717) is 22.3 Å². The summed E-state index contributed by atoms with van der Waals surface area (Å²) in [6.07, 6.45) is 0. The molecule has 6 heteroatoms. The fourth-order valence-corrected chi connectivity index (χ4v) is 3.28. The van der Waals surface area contributed by atoms with Gasteiger partial charge in [0.05, 0.1) is 23.1 Å². The van der Waals surface area contributed by atoms with Crippen molar-refractivity contribution in [3.63, 3.8) is 0 Å². The Labute approximate surface area is 166 Å². The first kappa shape index (κ1) is 18.7. The van der Waals surface area contributed by atoms with Crippen LogP contribution in [0.15, 0.2) is 82.4 Å². The number of rotatable bonds is 5. The van der Waals surface area contributed by atoms with Crippen LogP contribution in [0.3, 0.4) is 0 Å². The second kappa shape index (κ2) is 7.75. The first-order chi connectivity index (χ1) is 14.0. The molecule has 0 saturated heterocycles. The van der Waals surface area contributed by atoms with E-state index < -0.39 is 5.69 Å². The van der Waals surface area contributed by atoms with Crippen LogP contribution in [0.25, 0.3) is 16.6 Å². The third-order valence-electron chi connectivity index (χ3n) is 4.70. The lowest BCUT2D eigenvalue weighted by molar-refractivity contribution is 0.293. The van der Waals surface area contributed by atoms with Gasteiger partial charge in [0.1, 0.15) is 18.2 Å². The van der Waals surface area contributed by atoms with Crippen LogP contribution in [0.2, 0.25) is 0 Å². The minimum Gasteiger partial charge on any atom is -0.492 e. The van der Waals surface area contributed by atoms with Gasteiger partial charge in [-0.1, -0.05) is 29.8 Å². The summed E-state index contributed by atoms with van der Waals surface area (Å²) in [5, 5.41) is 0.468. The van der Waals surface area contributed by atoms with Crippen molar-refractivity contribution in [2.45, 2.75) is 13.5 Å². The highest BCUT2D eigenvalue weighted by Gasteiger charge is 2.14. The fourth-order valence-electron chi connectivity index (χ4n) is 3.28. The number of hydrogen-bond donors (Lipinski definition) is 0. The molecule has 0 aliphatic heterocycles. The lowest BCUT2D eigenvalue weighted by Gasteiger charge is -2.15. The molecule has 0 atom stereocenters. The van der Waals surface area contributed by atoms with Gasteiger partial charge in [-0.2, -0.15) is 0 Å². The van der Waals surface area contributed by atoms with Crippen LogP contribution in [0, 0.1) is 12.7 Å². The molecule has 0 amide bonds. The van der Waals surface area contributed by atoms with Gasteiger partial charge in [0.25, 0.3) is 5.56 Å². The Kier molecular flexibility index (Phi) is 4.99. The number of nitrogens with zero attached hydrogens (tertiary/aromatic N) is 2. The average molecular weight is 390 g/mol. The van der Waals surface area contributed by atoms with Crippen molar-refractivity contribution in [2.24, 2.45) is 0 Å². The van der Waals surface area contributed by atoms with Crippen molar-refractivity contribution in [3.05, 3.63) is 105 Å². The maximum Gasteiger partial charge on any atom is 0.336 e. The van der Waals surface area contributed by atoms with Crippen molar-refractivity contribution in [1.82, 2.24) is 9.13 Å². The van der Waals surface area contributed by atoms with Crippen LogP contribution in [0.1, 0.15) is 5.56 Å². The second-order valence-electron chi connectivity index (χ2n) is 6.73. The molecular weight excluding hydrogens is 371 g/mol. The van der Waals surface area contributed by atoms with E-state index in [2.05, 4.69) is 0 Å². The van der Waals surface area contributed by atoms with Gasteiger partial charge in [-0.25, -0.2) is 9.18 Å².